The number of H-pyrrole nitrogens is 1. The van der Waals surface area contributed by atoms with Crippen LogP contribution in [-0.2, 0) is 33.9 Å². The fourth-order valence-corrected chi connectivity index (χ4v) is 8.39. The molecule has 4 heterocycles. The lowest BCUT2D eigenvalue weighted by atomic mass is 10.0. The van der Waals surface area contributed by atoms with Crippen molar-refractivity contribution in [1.29, 1.82) is 0 Å². The van der Waals surface area contributed by atoms with Crippen LogP contribution in [0, 0.1) is 0 Å². The summed E-state index contributed by atoms with van der Waals surface area (Å²) in [5.41, 5.74) is 16.9. The van der Waals surface area contributed by atoms with Crippen molar-refractivity contribution in [3.8, 4) is 11.1 Å². The molecule has 0 spiro atoms. The molecule has 0 unspecified atom stereocenters. The summed E-state index contributed by atoms with van der Waals surface area (Å²) in [7, 11) is 1.63. The summed E-state index contributed by atoms with van der Waals surface area (Å²) in [5, 5.41) is 11.1. The molecular formula is C41H48ClN9O3S. The lowest BCUT2D eigenvalue weighted by Gasteiger charge is -2.32. The molecule has 2 aromatic carbocycles. The van der Waals surface area contributed by atoms with Crippen molar-refractivity contribution in [1.82, 2.24) is 35.8 Å². The van der Waals surface area contributed by atoms with Crippen LogP contribution in [0.25, 0.3) is 22.0 Å². The molecule has 12 nitrogen and oxygen atoms in total. The molecule has 0 bridgehead atoms. The Balaban J connectivity index is 1.46. The molecule has 5 aromatic rings. The van der Waals surface area contributed by atoms with Crippen molar-refractivity contribution < 1.29 is 14.4 Å². The molecule has 8 N–H and O–H groups in total. The van der Waals surface area contributed by atoms with Gasteiger partial charge in [-0.3, -0.25) is 24.4 Å². The summed E-state index contributed by atoms with van der Waals surface area (Å²) in [4.78, 5) is 58.4. The number of nitrogens with two attached hydrogens (primary N) is 2. The Morgan fingerprint density at radius 3 is 2.47 bits per heavy atom. The predicted molar refractivity (Wildman–Crippen MR) is 217 cm³/mol. The zero-order chi connectivity index (χ0) is 38.7. The Hall–Kier alpha value is -4.79. The van der Waals surface area contributed by atoms with Gasteiger partial charge >= 0.3 is 0 Å². The SMILES string of the molecule is CN1C(=O)[C@H](CCCCN)NC(=O)[C@H](CCCN)NCc2ccncc2Sc2c(-c3cccnc3)ccc(Cl)c2CNC(=O)[C@@H]1Cc1c[nH]c2ccccc12. The van der Waals surface area contributed by atoms with Crippen LogP contribution in [0.3, 0.4) is 0 Å². The van der Waals surface area contributed by atoms with E-state index in [1.54, 1.807) is 31.8 Å². The van der Waals surface area contributed by atoms with E-state index >= 15 is 0 Å². The minimum absolute atomic E-state index is 0.0895. The van der Waals surface area contributed by atoms with Crippen molar-refractivity contribution in [2.45, 2.75) is 79.5 Å². The average Bonchev–Trinajstić information content (AvgIpc) is 3.62. The molecule has 0 saturated carbocycles. The number of rotatable bonds is 10. The average molecular weight is 782 g/mol. The Morgan fingerprint density at radius 2 is 1.67 bits per heavy atom. The Bertz CT molecular complexity index is 2100. The molecule has 1 aliphatic rings. The number of hydrogen-bond donors (Lipinski definition) is 6. The van der Waals surface area contributed by atoms with Gasteiger partial charge in [0.25, 0.3) is 0 Å². The number of aromatic amines is 1. The van der Waals surface area contributed by atoms with Gasteiger partial charge < -0.3 is 37.3 Å². The van der Waals surface area contributed by atoms with Crippen LogP contribution in [0.4, 0.5) is 0 Å². The van der Waals surface area contributed by atoms with Crippen molar-refractivity contribution in [2.75, 3.05) is 20.1 Å². The van der Waals surface area contributed by atoms with Gasteiger partial charge in [-0.05, 0) is 86.1 Å². The predicted octanol–water partition coefficient (Wildman–Crippen LogP) is 4.94. The lowest BCUT2D eigenvalue weighted by Crippen LogP contribution is -2.57. The topological polar surface area (TPSA) is 184 Å². The van der Waals surface area contributed by atoms with Crippen LogP contribution in [0.15, 0.2) is 95.4 Å². The summed E-state index contributed by atoms with van der Waals surface area (Å²) in [6.45, 7) is 1.30. The number of likely N-dealkylation sites (N-methyl/N-ethyl adjacent to an activating group) is 1. The van der Waals surface area contributed by atoms with Gasteiger partial charge in [0.05, 0.1) is 6.04 Å². The van der Waals surface area contributed by atoms with Gasteiger partial charge in [0.2, 0.25) is 17.7 Å². The van der Waals surface area contributed by atoms with E-state index in [1.807, 2.05) is 60.8 Å². The van der Waals surface area contributed by atoms with E-state index in [-0.39, 0.29) is 30.7 Å². The molecule has 0 aliphatic carbocycles. The second kappa shape index (κ2) is 19.2. The number of hydrogen-bond acceptors (Lipinski definition) is 9. The second-order valence-corrected chi connectivity index (χ2v) is 15.1. The quantitative estimate of drug-likeness (QED) is 0.107. The first-order chi connectivity index (χ1) is 26.8. The number of carbonyl (C=O) groups excluding carboxylic acids is 3. The zero-order valence-electron chi connectivity index (χ0n) is 30.9. The number of carbonyl (C=O) groups is 3. The van der Waals surface area contributed by atoms with E-state index in [9.17, 15) is 14.4 Å². The van der Waals surface area contributed by atoms with Crippen LogP contribution < -0.4 is 27.4 Å². The smallest absolute Gasteiger partial charge is 0.245 e. The minimum Gasteiger partial charge on any atom is -0.361 e. The van der Waals surface area contributed by atoms with Gasteiger partial charge in [-0.15, -0.1) is 0 Å². The normalized spacial score (nSPS) is 18.7. The van der Waals surface area contributed by atoms with Crippen LogP contribution in [-0.4, -0.2) is 75.8 Å². The molecule has 3 atom stereocenters. The molecule has 3 aromatic heterocycles. The van der Waals surface area contributed by atoms with E-state index in [0.717, 1.165) is 42.9 Å². The molecule has 288 valence electrons. The van der Waals surface area contributed by atoms with Crippen LogP contribution in [0.1, 0.15) is 48.8 Å². The fraction of sp³-hybridized carbons (Fsp3) is 0.341. The molecule has 6 rings (SSSR count). The highest BCUT2D eigenvalue weighted by atomic mass is 35.5. The molecule has 14 heteroatoms. The Morgan fingerprint density at radius 1 is 0.873 bits per heavy atom. The number of aromatic nitrogens is 3. The number of nitrogens with one attached hydrogen (secondary N) is 4. The van der Waals surface area contributed by atoms with E-state index in [0.29, 0.717) is 62.3 Å². The highest BCUT2D eigenvalue weighted by Gasteiger charge is 2.34. The van der Waals surface area contributed by atoms with Crippen molar-refractivity contribution in [3.63, 3.8) is 0 Å². The maximum Gasteiger partial charge on any atom is 0.245 e. The number of fused-ring (bicyclic) bond motifs is 3. The van der Waals surface area contributed by atoms with Gasteiger partial charge in [0, 0.05) is 94.4 Å². The first-order valence-electron chi connectivity index (χ1n) is 18.6. The maximum atomic E-state index is 14.5. The number of benzene rings is 2. The Kier molecular flexibility index (Phi) is 13.9. The van der Waals surface area contributed by atoms with E-state index in [4.69, 9.17) is 23.1 Å². The van der Waals surface area contributed by atoms with Crippen molar-refractivity contribution in [2.24, 2.45) is 11.5 Å². The van der Waals surface area contributed by atoms with Gasteiger partial charge in [0.1, 0.15) is 12.1 Å². The molecule has 0 saturated heterocycles. The fourth-order valence-electron chi connectivity index (χ4n) is 6.90. The van der Waals surface area contributed by atoms with E-state index in [1.165, 1.54) is 16.7 Å². The summed E-state index contributed by atoms with van der Waals surface area (Å²) < 4.78 is 0. The van der Waals surface area contributed by atoms with Gasteiger partial charge in [-0.2, -0.15) is 0 Å². The highest BCUT2D eigenvalue weighted by Crippen LogP contribution is 2.42. The largest absolute Gasteiger partial charge is 0.361 e. The first kappa shape index (κ1) is 39.9. The highest BCUT2D eigenvalue weighted by molar-refractivity contribution is 7.99. The number of unbranched alkanes of at least 4 members (excludes halogenated alkanes) is 1. The third-order valence-electron chi connectivity index (χ3n) is 10.0. The molecule has 0 radical (unpaired) electrons. The molecule has 55 heavy (non-hydrogen) atoms. The number of para-hydroxylation sites is 1. The third kappa shape index (κ3) is 9.72. The van der Waals surface area contributed by atoms with Gasteiger partial charge in [-0.1, -0.05) is 53.7 Å². The molecular weight excluding hydrogens is 734 g/mol. The minimum atomic E-state index is -0.927. The number of pyridine rings is 2. The summed E-state index contributed by atoms with van der Waals surface area (Å²) in [6, 6.07) is 14.9. The van der Waals surface area contributed by atoms with Crippen molar-refractivity contribution in [3.05, 3.63) is 107 Å². The first-order valence-corrected chi connectivity index (χ1v) is 19.8. The zero-order valence-corrected chi connectivity index (χ0v) is 32.5. The van der Waals surface area contributed by atoms with E-state index < -0.39 is 18.1 Å². The summed E-state index contributed by atoms with van der Waals surface area (Å²) >= 11 is 8.48. The monoisotopic (exact) mass is 781 g/mol. The summed E-state index contributed by atoms with van der Waals surface area (Å²) in [6.07, 6.45) is 11.8. The number of amides is 3. The van der Waals surface area contributed by atoms with Crippen LogP contribution in [0.5, 0.6) is 0 Å². The lowest BCUT2D eigenvalue weighted by molar-refractivity contribution is -0.142. The molecule has 0 fully saturated rings. The third-order valence-corrected chi connectivity index (χ3v) is 11.6. The van der Waals surface area contributed by atoms with Crippen molar-refractivity contribution >= 4 is 52.0 Å². The maximum absolute atomic E-state index is 14.5. The van der Waals surface area contributed by atoms with Gasteiger partial charge in [-0.25, -0.2) is 0 Å². The molecule has 1 aliphatic heterocycles. The second-order valence-electron chi connectivity index (χ2n) is 13.7. The standard InChI is InChI=1S/C41H48ClN9O3S/c1-51-36(20-28-23-47-33-10-3-2-9-29(28)33)40(53)49-24-31-32(42)14-13-30(26-8-7-18-45-21-26)38(31)55-37-25-46-19-15-27(37)22-48-34(12-6-17-44)39(52)50-35(41(51)54)11-4-5-16-43/h2-3,7-10,13-15,18-19,21,23,25,34-36,47-48H,4-6,11-12,16-17,20,22,24,43-44H2,1H3,(H,49,53)(H,50,52)/t34-,35-,36-/m0/s1. The van der Waals surface area contributed by atoms with Crippen LogP contribution >= 0.6 is 23.4 Å². The Labute approximate surface area is 330 Å². The van der Waals surface area contributed by atoms with E-state index in [2.05, 4.69) is 30.9 Å². The van der Waals surface area contributed by atoms with Crippen LogP contribution in [0.2, 0.25) is 5.02 Å². The van der Waals surface area contributed by atoms with Gasteiger partial charge in [0.15, 0.2) is 0 Å². The molecule has 3 amide bonds. The number of nitrogens with zero attached hydrogens (tertiary/aromatic N) is 3. The number of halogens is 1. The summed E-state index contributed by atoms with van der Waals surface area (Å²) in [5.74, 6) is -1.04.